The van der Waals surface area contributed by atoms with Gasteiger partial charge in [0.05, 0.1) is 6.54 Å². The molecular weight excluding hydrogens is 505 g/mol. The zero-order valence-corrected chi connectivity index (χ0v) is 19.6. The van der Waals surface area contributed by atoms with E-state index in [2.05, 4.69) is 20.4 Å². The van der Waals surface area contributed by atoms with Gasteiger partial charge >= 0.3 is 6.61 Å². The largest absolute Gasteiger partial charge is 0.434 e. The second-order valence-corrected chi connectivity index (χ2v) is 7.58. The summed E-state index contributed by atoms with van der Waals surface area (Å²) in [6, 6.07) is 6.80. The van der Waals surface area contributed by atoms with E-state index in [0.717, 1.165) is 38.6 Å². The predicted molar refractivity (Wildman–Crippen MR) is 123 cm³/mol. The number of halogens is 3. The van der Waals surface area contributed by atoms with Gasteiger partial charge < -0.3 is 20.3 Å². The summed E-state index contributed by atoms with van der Waals surface area (Å²) in [5, 5.41) is 6.56. The Morgan fingerprint density at radius 1 is 1.27 bits per heavy atom. The Hall–Kier alpha value is -1.65. The molecule has 2 N–H and O–H groups in total. The maximum atomic E-state index is 12.6. The topological polar surface area (TPSA) is 66.0 Å². The molecule has 2 aliphatic rings. The molecule has 0 aromatic heterocycles. The molecule has 6 nitrogen and oxygen atoms in total. The number of para-hydroxylation sites is 1. The van der Waals surface area contributed by atoms with Crippen molar-refractivity contribution in [1.82, 2.24) is 15.5 Å². The first kappa shape index (κ1) is 24.6. The van der Waals surface area contributed by atoms with Gasteiger partial charge in [-0.3, -0.25) is 4.79 Å². The second kappa shape index (κ2) is 12.3. The van der Waals surface area contributed by atoms with Crippen molar-refractivity contribution in [3.8, 4) is 5.75 Å². The summed E-state index contributed by atoms with van der Waals surface area (Å²) >= 11 is 0. The third-order valence-corrected chi connectivity index (χ3v) is 5.49. The van der Waals surface area contributed by atoms with Gasteiger partial charge in [0.1, 0.15) is 5.75 Å². The fourth-order valence-corrected chi connectivity index (χ4v) is 4.03. The minimum atomic E-state index is -2.87. The molecule has 1 aromatic rings. The Bertz CT molecular complexity index is 714. The number of hydrogen-bond acceptors (Lipinski definition) is 3. The molecule has 0 radical (unpaired) electrons. The number of benzene rings is 1. The lowest BCUT2D eigenvalue weighted by molar-refractivity contribution is -0.134. The van der Waals surface area contributed by atoms with Gasteiger partial charge in [0.2, 0.25) is 5.91 Å². The van der Waals surface area contributed by atoms with Gasteiger partial charge in [-0.2, -0.15) is 8.78 Å². The fourth-order valence-electron chi connectivity index (χ4n) is 4.03. The summed E-state index contributed by atoms with van der Waals surface area (Å²) in [5.41, 5.74) is 0.592. The molecule has 1 unspecified atom stereocenters. The average molecular weight is 536 g/mol. The molecule has 1 aliphatic heterocycles. The summed E-state index contributed by atoms with van der Waals surface area (Å²) in [5.74, 6) is 1.23. The van der Waals surface area contributed by atoms with Gasteiger partial charge in [0, 0.05) is 37.2 Å². The number of amides is 1. The number of nitrogens with one attached hydrogen (secondary N) is 2. The van der Waals surface area contributed by atoms with Gasteiger partial charge in [-0.15, -0.1) is 24.0 Å². The highest BCUT2D eigenvalue weighted by Gasteiger charge is 2.32. The van der Waals surface area contributed by atoms with Crippen LogP contribution in [0.15, 0.2) is 29.3 Å². The van der Waals surface area contributed by atoms with Gasteiger partial charge in [0.15, 0.2) is 5.96 Å². The summed E-state index contributed by atoms with van der Waals surface area (Å²) in [7, 11) is 0. The Kier molecular flexibility index (Phi) is 10.1. The first-order chi connectivity index (χ1) is 14.1. The number of aliphatic imine (C=N–C) groups is 1. The highest BCUT2D eigenvalue weighted by atomic mass is 127. The van der Waals surface area contributed by atoms with Crippen molar-refractivity contribution in [3.05, 3.63) is 29.8 Å². The molecule has 168 valence electrons. The molecule has 1 saturated heterocycles. The van der Waals surface area contributed by atoms with E-state index < -0.39 is 6.61 Å². The van der Waals surface area contributed by atoms with Crippen molar-refractivity contribution in [2.45, 2.75) is 58.2 Å². The van der Waals surface area contributed by atoms with Crippen LogP contribution in [-0.2, 0) is 11.3 Å². The Balaban J connectivity index is 0.00000320. The van der Waals surface area contributed by atoms with E-state index in [9.17, 15) is 13.6 Å². The molecule has 9 heteroatoms. The predicted octanol–water partition coefficient (Wildman–Crippen LogP) is 3.75. The van der Waals surface area contributed by atoms with Crippen molar-refractivity contribution in [2.24, 2.45) is 10.9 Å². The Morgan fingerprint density at radius 2 is 2.00 bits per heavy atom. The normalized spacial score (nSPS) is 19.7. The van der Waals surface area contributed by atoms with Crippen molar-refractivity contribution >= 4 is 35.8 Å². The van der Waals surface area contributed by atoms with E-state index >= 15 is 0 Å². The number of guanidine groups is 1. The van der Waals surface area contributed by atoms with E-state index in [1.165, 1.54) is 6.07 Å². The van der Waals surface area contributed by atoms with Crippen LogP contribution in [-0.4, -0.2) is 49.1 Å². The van der Waals surface area contributed by atoms with Crippen molar-refractivity contribution in [2.75, 3.05) is 19.6 Å². The molecule has 0 bridgehead atoms. The molecule has 1 heterocycles. The van der Waals surface area contributed by atoms with Crippen LogP contribution >= 0.6 is 24.0 Å². The number of hydrogen-bond donors (Lipinski definition) is 2. The number of carbonyl (C=O) groups is 1. The van der Waals surface area contributed by atoms with Gasteiger partial charge in [-0.25, -0.2) is 4.99 Å². The van der Waals surface area contributed by atoms with Crippen LogP contribution < -0.4 is 15.4 Å². The lowest BCUT2D eigenvalue weighted by atomic mass is 10.1. The van der Waals surface area contributed by atoms with Crippen LogP contribution in [0.3, 0.4) is 0 Å². The standard InChI is InChI=1S/C21H30F2N4O2.HI/c1-2-24-21(25-13-16-9-5-6-10-18(16)29-20(22)23)26-17-11-12-27(14-17)19(28)15-7-3-4-8-15;/h5-6,9-10,15,17,20H,2-4,7-8,11-14H2,1H3,(H2,24,25,26);1H. The van der Waals surface area contributed by atoms with E-state index in [0.29, 0.717) is 24.6 Å². The van der Waals surface area contributed by atoms with Crippen LogP contribution in [0.4, 0.5) is 8.78 Å². The van der Waals surface area contributed by atoms with Crippen molar-refractivity contribution in [1.29, 1.82) is 0 Å². The lowest BCUT2D eigenvalue weighted by Gasteiger charge is -2.21. The van der Waals surface area contributed by atoms with Crippen molar-refractivity contribution in [3.63, 3.8) is 0 Å². The summed E-state index contributed by atoms with van der Waals surface area (Å²) in [6.07, 6.45) is 5.20. The van der Waals surface area contributed by atoms with Gasteiger partial charge in [-0.05, 0) is 32.3 Å². The molecule has 30 heavy (non-hydrogen) atoms. The zero-order valence-electron chi connectivity index (χ0n) is 17.3. The lowest BCUT2D eigenvalue weighted by Crippen LogP contribution is -2.45. The molecule has 1 saturated carbocycles. The quantitative estimate of drug-likeness (QED) is 0.317. The third kappa shape index (κ3) is 6.95. The maximum absolute atomic E-state index is 12.6. The van der Waals surface area contributed by atoms with E-state index in [-0.39, 0.29) is 54.1 Å². The number of carbonyl (C=O) groups excluding carboxylic acids is 1. The highest BCUT2D eigenvalue weighted by molar-refractivity contribution is 14.0. The van der Waals surface area contributed by atoms with Crippen LogP contribution in [0, 0.1) is 5.92 Å². The van der Waals surface area contributed by atoms with E-state index in [1.54, 1.807) is 18.2 Å². The van der Waals surface area contributed by atoms with Gasteiger partial charge in [0.25, 0.3) is 0 Å². The molecule has 1 aromatic carbocycles. The number of ether oxygens (including phenoxy) is 1. The van der Waals surface area contributed by atoms with Crippen LogP contribution in [0.5, 0.6) is 5.75 Å². The molecular formula is C21H31F2IN4O2. The average Bonchev–Trinajstić information content (AvgIpc) is 3.39. The maximum Gasteiger partial charge on any atom is 0.387 e. The number of rotatable bonds is 7. The molecule has 1 aliphatic carbocycles. The number of likely N-dealkylation sites (tertiary alicyclic amines) is 1. The van der Waals surface area contributed by atoms with E-state index in [4.69, 9.17) is 0 Å². The minimum Gasteiger partial charge on any atom is -0.434 e. The fraction of sp³-hybridized carbons (Fsp3) is 0.619. The molecule has 0 spiro atoms. The van der Waals surface area contributed by atoms with Gasteiger partial charge in [-0.1, -0.05) is 31.0 Å². The van der Waals surface area contributed by atoms with Crippen LogP contribution in [0.1, 0.15) is 44.6 Å². The minimum absolute atomic E-state index is 0. The Labute approximate surface area is 193 Å². The monoisotopic (exact) mass is 536 g/mol. The summed E-state index contributed by atoms with van der Waals surface area (Å²) in [4.78, 5) is 19.1. The molecule has 2 fully saturated rings. The number of alkyl halides is 2. The second-order valence-electron chi connectivity index (χ2n) is 7.58. The smallest absolute Gasteiger partial charge is 0.387 e. The van der Waals surface area contributed by atoms with E-state index in [1.807, 2.05) is 11.8 Å². The highest BCUT2D eigenvalue weighted by Crippen LogP contribution is 2.28. The Morgan fingerprint density at radius 3 is 2.70 bits per heavy atom. The molecule has 1 amide bonds. The molecule has 3 rings (SSSR count). The van der Waals surface area contributed by atoms with Crippen LogP contribution in [0.2, 0.25) is 0 Å². The summed E-state index contributed by atoms with van der Waals surface area (Å²) in [6.45, 7) is 1.43. The zero-order chi connectivity index (χ0) is 20.6. The molecule has 1 atom stereocenters. The SMILES string of the molecule is CCNC(=NCc1ccccc1OC(F)F)NC1CCN(C(=O)C2CCCC2)C1.I. The van der Waals surface area contributed by atoms with Crippen molar-refractivity contribution < 1.29 is 18.3 Å². The first-order valence-corrected chi connectivity index (χ1v) is 10.4. The first-order valence-electron chi connectivity index (χ1n) is 10.4. The number of nitrogens with zero attached hydrogens (tertiary/aromatic N) is 2. The van der Waals surface area contributed by atoms with Crippen LogP contribution in [0.25, 0.3) is 0 Å². The third-order valence-electron chi connectivity index (χ3n) is 5.49. The summed E-state index contributed by atoms with van der Waals surface area (Å²) < 4.78 is 29.8.